The highest BCUT2D eigenvalue weighted by molar-refractivity contribution is 5.46. The molecular formula is C6H12FNO2. The number of hydrogen-bond acceptors (Lipinski definition) is 2. The van der Waals surface area contributed by atoms with Gasteiger partial charge in [-0.3, -0.25) is 9.18 Å². The Morgan fingerprint density at radius 2 is 2.40 bits per heavy atom. The van der Waals surface area contributed by atoms with Crippen LogP contribution >= 0.6 is 0 Å². The first-order valence-corrected chi connectivity index (χ1v) is 3.21. The highest BCUT2D eigenvalue weighted by atomic mass is 19.1. The van der Waals surface area contributed by atoms with E-state index in [9.17, 15) is 9.18 Å². The number of amides is 1. The van der Waals surface area contributed by atoms with Crippen molar-refractivity contribution < 1.29 is 14.3 Å². The second-order valence-corrected chi connectivity index (χ2v) is 2.00. The molecule has 10 heavy (non-hydrogen) atoms. The average Bonchev–Trinajstić information content (AvgIpc) is 1.98. The molecule has 0 saturated carbocycles. The molecule has 0 fully saturated rings. The van der Waals surface area contributed by atoms with Gasteiger partial charge in [0.25, 0.3) is 0 Å². The van der Waals surface area contributed by atoms with Crippen LogP contribution in [0.25, 0.3) is 0 Å². The number of aliphatic hydroxyl groups excluding tert-OH is 1. The van der Waals surface area contributed by atoms with Crippen LogP contribution in [0.2, 0.25) is 0 Å². The average molecular weight is 149 g/mol. The summed E-state index contributed by atoms with van der Waals surface area (Å²) in [5, 5.41) is 10.9. The largest absolute Gasteiger partial charge is 0.394 e. The molecule has 0 bridgehead atoms. The number of alkyl halides is 1. The molecule has 0 aliphatic heterocycles. The third-order valence-corrected chi connectivity index (χ3v) is 1.21. The SMILES string of the molecule is O=CN[C@H](CO)CCCF. The van der Waals surface area contributed by atoms with E-state index in [1.807, 2.05) is 0 Å². The van der Waals surface area contributed by atoms with E-state index in [4.69, 9.17) is 5.11 Å². The quantitative estimate of drug-likeness (QED) is 0.516. The van der Waals surface area contributed by atoms with E-state index in [0.29, 0.717) is 19.3 Å². The lowest BCUT2D eigenvalue weighted by atomic mass is 10.2. The summed E-state index contributed by atoms with van der Waals surface area (Å²) in [6.45, 7) is -0.532. The fraction of sp³-hybridized carbons (Fsp3) is 0.833. The summed E-state index contributed by atoms with van der Waals surface area (Å²) >= 11 is 0. The number of carbonyl (C=O) groups excluding carboxylic acids is 1. The van der Waals surface area contributed by atoms with Gasteiger partial charge in [0.15, 0.2) is 0 Å². The number of hydrogen-bond donors (Lipinski definition) is 2. The second-order valence-electron chi connectivity index (χ2n) is 2.00. The van der Waals surface area contributed by atoms with Crippen molar-refractivity contribution in [2.45, 2.75) is 18.9 Å². The van der Waals surface area contributed by atoms with Crippen LogP contribution < -0.4 is 5.32 Å². The molecule has 2 N–H and O–H groups in total. The fourth-order valence-corrected chi connectivity index (χ4v) is 0.647. The molecular weight excluding hydrogens is 137 g/mol. The monoisotopic (exact) mass is 149 g/mol. The smallest absolute Gasteiger partial charge is 0.207 e. The Morgan fingerprint density at radius 3 is 2.80 bits per heavy atom. The van der Waals surface area contributed by atoms with Crippen molar-refractivity contribution in [1.29, 1.82) is 0 Å². The Bertz CT molecular complexity index is 89.8. The molecule has 1 atom stereocenters. The van der Waals surface area contributed by atoms with E-state index in [1.165, 1.54) is 0 Å². The molecule has 0 spiro atoms. The fourth-order valence-electron chi connectivity index (χ4n) is 0.647. The summed E-state index contributed by atoms with van der Waals surface area (Å²) in [6, 6.07) is -0.284. The minimum atomic E-state index is -0.406. The van der Waals surface area contributed by atoms with Crippen LogP contribution in [-0.4, -0.2) is 30.8 Å². The zero-order valence-electron chi connectivity index (χ0n) is 5.72. The van der Waals surface area contributed by atoms with Crippen molar-refractivity contribution >= 4 is 6.41 Å². The third-order valence-electron chi connectivity index (χ3n) is 1.21. The van der Waals surface area contributed by atoms with Crippen LogP contribution in [0.15, 0.2) is 0 Å². The van der Waals surface area contributed by atoms with Gasteiger partial charge in [-0.05, 0) is 12.8 Å². The third kappa shape index (κ3) is 4.26. The van der Waals surface area contributed by atoms with E-state index in [0.717, 1.165) is 0 Å². The molecule has 4 heteroatoms. The summed E-state index contributed by atoms with van der Waals surface area (Å²) in [4.78, 5) is 9.82. The van der Waals surface area contributed by atoms with Gasteiger partial charge >= 0.3 is 0 Å². The van der Waals surface area contributed by atoms with Crippen LogP contribution in [0.5, 0.6) is 0 Å². The van der Waals surface area contributed by atoms with Gasteiger partial charge in [0.05, 0.1) is 19.3 Å². The van der Waals surface area contributed by atoms with Crippen LogP contribution in [0, 0.1) is 0 Å². The number of nitrogens with one attached hydrogen (secondary N) is 1. The summed E-state index contributed by atoms with van der Waals surface area (Å²) < 4.78 is 11.5. The van der Waals surface area contributed by atoms with Crippen LogP contribution in [0.4, 0.5) is 4.39 Å². The first-order valence-electron chi connectivity index (χ1n) is 3.21. The maximum Gasteiger partial charge on any atom is 0.207 e. The molecule has 0 radical (unpaired) electrons. The highest BCUT2D eigenvalue weighted by Gasteiger charge is 2.03. The van der Waals surface area contributed by atoms with Gasteiger partial charge in [-0.15, -0.1) is 0 Å². The van der Waals surface area contributed by atoms with E-state index in [1.54, 1.807) is 0 Å². The summed E-state index contributed by atoms with van der Waals surface area (Å²) in [5.74, 6) is 0. The van der Waals surface area contributed by atoms with Gasteiger partial charge in [0, 0.05) is 0 Å². The summed E-state index contributed by atoms with van der Waals surface area (Å²) in [6.07, 6.45) is 1.39. The Labute approximate surface area is 59.2 Å². The van der Waals surface area contributed by atoms with Crippen molar-refractivity contribution in [1.82, 2.24) is 5.32 Å². The maximum absolute atomic E-state index is 11.5. The lowest BCUT2D eigenvalue weighted by Crippen LogP contribution is -2.31. The summed E-state index contributed by atoms with van der Waals surface area (Å²) in [7, 11) is 0. The van der Waals surface area contributed by atoms with Crippen molar-refractivity contribution in [2.24, 2.45) is 0 Å². The van der Waals surface area contributed by atoms with Crippen molar-refractivity contribution in [3.05, 3.63) is 0 Å². The highest BCUT2D eigenvalue weighted by Crippen LogP contribution is 1.95. The molecule has 0 saturated heterocycles. The predicted molar refractivity (Wildman–Crippen MR) is 35.3 cm³/mol. The van der Waals surface area contributed by atoms with Crippen molar-refractivity contribution in [3.63, 3.8) is 0 Å². The number of halogens is 1. The van der Waals surface area contributed by atoms with Crippen molar-refractivity contribution in [3.8, 4) is 0 Å². The van der Waals surface area contributed by atoms with Crippen LogP contribution in [0.1, 0.15) is 12.8 Å². The first-order chi connectivity index (χ1) is 4.85. The molecule has 0 unspecified atom stereocenters. The Kier molecular flexibility index (Phi) is 6.06. The maximum atomic E-state index is 11.5. The summed E-state index contributed by atoms with van der Waals surface area (Å²) in [5.41, 5.74) is 0. The van der Waals surface area contributed by atoms with Gasteiger partial charge in [-0.2, -0.15) is 0 Å². The number of aliphatic hydroxyl groups is 1. The zero-order chi connectivity index (χ0) is 7.82. The normalized spacial score (nSPS) is 12.6. The molecule has 0 aromatic heterocycles. The Morgan fingerprint density at radius 1 is 1.70 bits per heavy atom. The van der Waals surface area contributed by atoms with E-state index < -0.39 is 6.67 Å². The molecule has 0 aromatic rings. The molecule has 3 nitrogen and oxygen atoms in total. The Hall–Kier alpha value is -0.640. The molecule has 60 valence electrons. The van der Waals surface area contributed by atoms with E-state index in [-0.39, 0.29) is 12.6 Å². The lowest BCUT2D eigenvalue weighted by molar-refractivity contribution is -0.110. The minimum Gasteiger partial charge on any atom is -0.394 e. The molecule has 0 aliphatic carbocycles. The van der Waals surface area contributed by atoms with E-state index in [2.05, 4.69) is 5.32 Å². The molecule has 1 amide bonds. The van der Waals surface area contributed by atoms with Crippen LogP contribution in [0.3, 0.4) is 0 Å². The van der Waals surface area contributed by atoms with Gasteiger partial charge in [-0.25, -0.2) is 0 Å². The standard InChI is InChI=1S/C6H12FNO2/c7-3-1-2-6(4-9)8-5-10/h5-6,9H,1-4H2,(H,8,10)/t6-/m0/s1. The molecule has 0 rings (SSSR count). The second kappa shape index (κ2) is 6.48. The first kappa shape index (κ1) is 9.36. The van der Waals surface area contributed by atoms with Gasteiger partial charge < -0.3 is 10.4 Å². The number of carbonyl (C=O) groups is 1. The molecule has 0 aromatic carbocycles. The van der Waals surface area contributed by atoms with Gasteiger partial charge in [0.2, 0.25) is 6.41 Å². The molecule has 0 aliphatic rings. The van der Waals surface area contributed by atoms with Gasteiger partial charge in [0.1, 0.15) is 0 Å². The zero-order valence-corrected chi connectivity index (χ0v) is 5.72. The topological polar surface area (TPSA) is 49.3 Å². The predicted octanol–water partition coefficient (Wildman–Crippen LogP) is -0.157. The van der Waals surface area contributed by atoms with Crippen molar-refractivity contribution in [2.75, 3.05) is 13.3 Å². The van der Waals surface area contributed by atoms with Gasteiger partial charge in [-0.1, -0.05) is 0 Å². The minimum absolute atomic E-state index is 0.126. The van der Waals surface area contributed by atoms with E-state index >= 15 is 0 Å². The lowest BCUT2D eigenvalue weighted by Gasteiger charge is -2.10. The molecule has 0 heterocycles. The Balaban J connectivity index is 3.29. The number of rotatable bonds is 6. The van der Waals surface area contributed by atoms with Crippen LogP contribution in [-0.2, 0) is 4.79 Å².